The van der Waals surface area contributed by atoms with Gasteiger partial charge in [-0.25, -0.2) is 0 Å². The number of hydrogen-bond donors (Lipinski definition) is 1. The summed E-state index contributed by atoms with van der Waals surface area (Å²) in [7, 11) is 0. The molecule has 0 aliphatic rings. The van der Waals surface area contributed by atoms with Gasteiger partial charge >= 0.3 is 0 Å². The summed E-state index contributed by atoms with van der Waals surface area (Å²) in [6.07, 6.45) is 5.08. The molecule has 0 unspecified atom stereocenters. The van der Waals surface area contributed by atoms with E-state index in [2.05, 4.69) is 72.4 Å². The van der Waals surface area contributed by atoms with E-state index in [4.69, 9.17) is 0 Å². The van der Waals surface area contributed by atoms with E-state index in [9.17, 15) is 9.90 Å². The Labute approximate surface area is 182 Å². The van der Waals surface area contributed by atoms with Crippen LogP contribution in [0.15, 0.2) is 67.3 Å². The maximum atomic E-state index is 12.2. The van der Waals surface area contributed by atoms with Gasteiger partial charge < -0.3 is 9.90 Å². The molecule has 0 aliphatic heterocycles. The Bertz CT molecular complexity index is 878. The molecule has 1 N–H and O–H groups in total. The SMILES string of the molecule is C=C[C@](C=O)(C/C=C(\CO)c1ccc(C(C)(C)C)cc1)c1ccc(C(C)(C)C)cc1. The lowest BCUT2D eigenvalue weighted by Crippen LogP contribution is -2.25. The Morgan fingerprint density at radius 3 is 1.63 bits per heavy atom. The van der Waals surface area contributed by atoms with E-state index in [1.54, 1.807) is 6.08 Å². The highest BCUT2D eigenvalue weighted by Gasteiger charge is 2.28. The number of carbonyl (C=O) groups is 1. The summed E-state index contributed by atoms with van der Waals surface area (Å²) in [5.41, 5.74) is 4.49. The number of carbonyl (C=O) groups excluding carboxylic acids is 1. The van der Waals surface area contributed by atoms with Crippen molar-refractivity contribution in [3.8, 4) is 0 Å². The Hall–Kier alpha value is -2.45. The first-order valence-electron chi connectivity index (χ1n) is 10.6. The van der Waals surface area contributed by atoms with E-state index in [-0.39, 0.29) is 17.4 Å². The maximum Gasteiger partial charge on any atom is 0.134 e. The smallest absolute Gasteiger partial charge is 0.134 e. The molecule has 0 saturated heterocycles. The summed E-state index contributed by atoms with van der Waals surface area (Å²) < 4.78 is 0. The van der Waals surface area contributed by atoms with Crippen LogP contribution in [0.5, 0.6) is 0 Å². The number of rotatable bonds is 7. The summed E-state index contributed by atoms with van der Waals surface area (Å²) in [5.74, 6) is 0. The molecule has 2 nitrogen and oxygen atoms in total. The van der Waals surface area contributed by atoms with Gasteiger partial charge in [0.15, 0.2) is 0 Å². The van der Waals surface area contributed by atoms with Crippen molar-refractivity contribution in [2.45, 2.75) is 64.2 Å². The Balaban J connectivity index is 2.35. The number of allylic oxidation sites excluding steroid dienone is 2. The second-order valence-corrected chi connectivity index (χ2v) is 10.1. The molecule has 0 fully saturated rings. The zero-order valence-corrected chi connectivity index (χ0v) is 19.3. The molecule has 0 amide bonds. The minimum absolute atomic E-state index is 0.0553. The molecule has 1 atom stereocenters. The lowest BCUT2D eigenvalue weighted by Gasteiger charge is -2.26. The highest BCUT2D eigenvalue weighted by molar-refractivity contribution is 5.74. The lowest BCUT2D eigenvalue weighted by molar-refractivity contribution is -0.111. The van der Waals surface area contributed by atoms with Crippen molar-refractivity contribution in [2.24, 2.45) is 0 Å². The Morgan fingerprint density at radius 1 is 0.833 bits per heavy atom. The van der Waals surface area contributed by atoms with Gasteiger partial charge in [-0.2, -0.15) is 0 Å². The largest absolute Gasteiger partial charge is 0.392 e. The first-order chi connectivity index (χ1) is 14.0. The van der Waals surface area contributed by atoms with Crippen LogP contribution in [-0.2, 0) is 21.0 Å². The van der Waals surface area contributed by atoms with Crippen molar-refractivity contribution < 1.29 is 9.90 Å². The zero-order valence-electron chi connectivity index (χ0n) is 19.3. The van der Waals surface area contributed by atoms with Crippen molar-refractivity contribution in [1.29, 1.82) is 0 Å². The van der Waals surface area contributed by atoms with Crippen molar-refractivity contribution in [3.63, 3.8) is 0 Å². The summed E-state index contributed by atoms with van der Waals surface area (Å²) in [6, 6.07) is 16.5. The third-order valence-electron chi connectivity index (χ3n) is 5.84. The first-order valence-corrected chi connectivity index (χ1v) is 10.6. The molecular formula is C28H36O2. The summed E-state index contributed by atoms with van der Waals surface area (Å²) >= 11 is 0. The molecule has 0 bridgehead atoms. The van der Waals surface area contributed by atoms with Gasteiger partial charge in [0.25, 0.3) is 0 Å². The highest BCUT2D eigenvalue weighted by Crippen LogP contribution is 2.32. The number of benzene rings is 2. The van der Waals surface area contributed by atoms with Crippen LogP contribution >= 0.6 is 0 Å². The number of hydrogen-bond acceptors (Lipinski definition) is 2. The Morgan fingerprint density at radius 2 is 1.27 bits per heavy atom. The fourth-order valence-corrected chi connectivity index (χ4v) is 3.51. The van der Waals surface area contributed by atoms with Gasteiger partial charge in [0.2, 0.25) is 0 Å². The van der Waals surface area contributed by atoms with Crippen LogP contribution in [0, 0.1) is 0 Å². The van der Waals surface area contributed by atoms with Gasteiger partial charge in [-0.1, -0.05) is 102 Å². The van der Waals surface area contributed by atoms with Crippen LogP contribution in [0.1, 0.15) is 70.2 Å². The topological polar surface area (TPSA) is 37.3 Å². The summed E-state index contributed by atoms with van der Waals surface area (Å²) in [5, 5.41) is 9.96. The second-order valence-electron chi connectivity index (χ2n) is 10.1. The van der Waals surface area contributed by atoms with Crippen LogP contribution in [0.2, 0.25) is 0 Å². The maximum absolute atomic E-state index is 12.2. The van der Waals surface area contributed by atoms with Gasteiger partial charge in [-0.3, -0.25) is 0 Å². The molecule has 0 saturated carbocycles. The van der Waals surface area contributed by atoms with Crippen molar-refractivity contribution in [1.82, 2.24) is 0 Å². The van der Waals surface area contributed by atoms with Gasteiger partial charge in [-0.05, 0) is 45.1 Å². The van der Waals surface area contributed by atoms with E-state index in [0.717, 1.165) is 23.0 Å². The van der Waals surface area contributed by atoms with Gasteiger partial charge in [0.1, 0.15) is 6.29 Å². The normalized spacial score (nSPS) is 14.8. The third-order valence-corrected chi connectivity index (χ3v) is 5.84. The average Bonchev–Trinajstić information content (AvgIpc) is 2.71. The number of aliphatic hydroxyl groups is 1. The highest BCUT2D eigenvalue weighted by atomic mass is 16.3. The zero-order chi connectivity index (χ0) is 22.6. The molecule has 30 heavy (non-hydrogen) atoms. The molecule has 0 heterocycles. The molecule has 0 aromatic heterocycles. The van der Waals surface area contributed by atoms with Crippen LogP contribution < -0.4 is 0 Å². The van der Waals surface area contributed by atoms with E-state index in [1.807, 2.05) is 30.3 Å². The molecule has 2 rings (SSSR count). The molecule has 0 spiro atoms. The molecule has 0 aliphatic carbocycles. The molecular weight excluding hydrogens is 368 g/mol. The molecule has 2 aromatic carbocycles. The van der Waals surface area contributed by atoms with Crippen LogP contribution in [0.3, 0.4) is 0 Å². The van der Waals surface area contributed by atoms with Gasteiger partial charge in [0, 0.05) is 0 Å². The fraction of sp³-hybridized carbons (Fsp3) is 0.393. The molecule has 0 radical (unpaired) electrons. The predicted molar refractivity (Wildman–Crippen MR) is 128 cm³/mol. The molecule has 2 aromatic rings. The average molecular weight is 405 g/mol. The van der Waals surface area contributed by atoms with Crippen molar-refractivity contribution in [2.75, 3.05) is 6.61 Å². The standard InChI is InChI=1S/C28H36O2/c1-8-28(20-30,25-15-13-24(14-16-25)27(5,6)7)18-17-22(19-29)21-9-11-23(12-10-21)26(2,3)4/h8-17,20,29H,1,18-19H2,2-7H3/b22-17+/t28-/m1/s1. The minimum atomic E-state index is -0.817. The Kier molecular flexibility index (Phi) is 7.26. The second kappa shape index (κ2) is 9.14. The predicted octanol–water partition coefficient (Wildman–Crippen LogP) is 6.37. The van der Waals surface area contributed by atoms with Crippen molar-refractivity contribution >= 4 is 11.9 Å². The minimum Gasteiger partial charge on any atom is -0.392 e. The lowest BCUT2D eigenvalue weighted by atomic mass is 9.77. The van der Waals surface area contributed by atoms with Crippen molar-refractivity contribution in [3.05, 3.63) is 89.5 Å². The first kappa shape index (κ1) is 23.8. The van der Waals surface area contributed by atoms with Crippen LogP contribution in [0.4, 0.5) is 0 Å². The summed E-state index contributed by atoms with van der Waals surface area (Å²) in [4.78, 5) is 12.2. The summed E-state index contributed by atoms with van der Waals surface area (Å²) in [6.45, 7) is 16.9. The van der Waals surface area contributed by atoms with Crippen LogP contribution in [0.25, 0.3) is 5.57 Å². The van der Waals surface area contributed by atoms with E-state index >= 15 is 0 Å². The fourth-order valence-electron chi connectivity index (χ4n) is 3.51. The van der Waals surface area contributed by atoms with Gasteiger partial charge in [0.05, 0.1) is 12.0 Å². The van der Waals surface area contributed by atoms with Gasteiger partial charge in [-0.15, -0.1) is 6.58 Å². The quantitative estimate of drug-likeness (QED) is 0.430. The monoisotopic (exact) mass is 404 g/mol. The van der Waals surface area contributed by atoms with Crippen LogP contribution in [-0.4, -0.2) is 18.0 Å². The van der Waals surface area contributed by atoms with E-state index < -0.39 is 5.41 Å². The third kappa shape index (κ3) is 5.37. The molecule has 160 valence electrons. The van der Waals surface area contributed by atoms with E-state index in [0.29, 0.717) is 6.42 Å². The molecule has 2 heteroatoms. The number of aldehydes is 1. The van der Waals surface area contributed by atoms with E-state index in [1.165, 1.54) is 11.1 Å². The number of aliphatic hydroxyl groups excluding tert-OH is 1.